The molecule has 2 aromatic rings. The molecule has 1 spiro atoms. The zero-order valence-corrected chi connectivity index (χ0v) is 16.0. The van der Waals surface area contributed by atoms with Crippen molar-refractivity contribution in [2.45, 2.75) is 37.3 Å². The Morgan fingerprint density at radius 3 is 2.69 bits per heavy atom. The summed E-state index contributed by atoms with van der Waals surface area (Å²) in [4.78, 5) is 17.6. The van der Waals surface area contributed by atoms with Crippen molar-refractivity contribution in [3.05, 3.63) is 64.1 Å². The van der Waals surface area contributed by atoms with Crippen molar-refractivity contribution in [2.75, 3.05) is 0 Å². The standard InChI is InChI=1S/C20H20BrN3O2/c1-2-10-19(13-6-4-3-5-7-13)12-20(17(25)23-18(22)24-20)15-11-14(21)8-9-16(15)26-19/h3-9,11H,2,10,12H2,1H3,(H3,22,23,24,25)/t19-,20?/m1/s1. The molecule has 0 bridgehead atoms. The molecule has 2 atom stereocenters. The Bertz CT molecular complexity index is 899. The van der Waals surface area contributed by atoms with E-state index in [-0.39, 0.29) is 11.9 Å². The van der Waals surface area contributed by atoms with E-state index in [0.717, 1.165) is 28.4 Å². The van der Waals surface area contributed by atoms with Gasteiger partial charge in [-0.05, 0) is 30.2 Å². The summed E-state index contributed by atoms with van der Waals surface area (Å²) >= 11 is 3.49. The Morgan fingerprint density at radius 2 is 2.04 bits per heavy atom. The summed E-state index contributed by atoms with van der Waals surface area (Å²) in [7, 11) is 0. The number of guanidine groups is 1. The highest BCUT2D eigenvalue weighted by Gasteiger charge is 2.56. The topological polar surface area (TPSA) is 76.7 Å². The fourth-order valence-electron chi connectivity index (χ4n) is 4.07. The lowest BCUT2D eigenvalue weighted by atomic mass is 9.72. The summed E-state index contributed by atoms with van der Waals surface area (Å²) in [5, 5.41) is 2.69. The number of ether oxygens (including phenoxy) is 1. The molecule has 3 N–H and O–H groups in total. The molecule has 0 saturated carbocycles. The summed E-state index contributed by atoms with van der Waals surface area (Å²) in [5.41, 5.74) is 5.97. The largest absolute Gasteiger partial charge is 0.482 e. The molecule has 4 rings (SSSR count). The molecule has 5 nitrogen and oxygen atoms in total. The van der Waals surface area contributed by atoms with E-state index >= 15 is 0 Å². The molecule has 2 aromatic carbocycles. The van der Waals surface area contributed by atoms with Crippen molar-refractivity contribution in [1.29, 1.82) is 0 Å². The quantitative estimate of drug-likeness (QED) is 0.807. The van der Waals surface area contributed by atoms with Crippen LogP contribution in [0.1, 0.15) is 37.3 Å². The van der Waals surface area contributed by atoms with Crippen LogP contribution in [0.3, 0.4) is 0 Å². The van der Waals surface area contributed by atoms with Crippen LogP contribution in [-0.4, -0.2) is 11.9 Å². The molecule has 2 heterocycles. The normalized spacial score (nSPS) is 26.8. The number of benzene rings is 2. The summed E-state index contributed by atoms with van der Waals surface area (Å²) in [6, 6.07) is 15.8. The predicted molar refractivity (Wildman–Crippen MR) is 104 cm³/mol. The SMILES string of the molecule is CCC[C@]1(c2ccccc2)CC2(N=C(N)NC2=O)c2cc(Br)ccc2O1. The molecule has 6 heteroatoms. The Morgan fingerprint density at radius 1 is 1.27 bits per heavy atom. The van der Waals surface area contributed by atoms with E-state index in [2.05, 4.69) is 33.2 Å². The summed E-state index contributed by atoms with van der Waals surface area (Å²) in [6.45, 7) is 2.12. The Labute approximate surface area is 160 Å². The number of fused-ring (bicyclic) bond motifs is 2. The summed E-state index contributed by atoms with van der Waals surface area (Å²) in [6.07, 6.45) is 2.10. The van der Waals surface area contributed by atoms with E-state index < -0.39 is 11.1 Å². The van der Waals surface area contributed by atoms with Crippen LogP contribution in [0.4, 0.5) is 0 Å². The van der Waals surface area contributed by atoms with Gasteiger partial charge in [0.05, 0.1) is 0 Å². The second-order valence-corrected chi connectivity index (χ2v) is 7.76. The van der Waals surface area contributed by atoms with Crippen molar-refractivity contribution in [3.63, 3.8) is 0 Å². The summed E-state index contributed by atoms with van der Waals surface area (Å²) in [5.74, 6) is 0.626. The van der Waals surface area contributed by atoms with Crippen LogP contribution in [0.5, 0.6) is 5.75 Å². The number of nitrogens with zero attached hydrogens (tertiary/aromatic N) is 1. The first kappa shape index (κ1) is 17.1. The van der Waals surface area contributed by atoms with E-state index in [1.807, 2.05) is 48.5 Å². The van der Waals surface area contributed by atoms with Gasteiger partial charge in [0.2, 0.25) is 0 Å². The number of aliphatic imine (C=N–C) groups is 1. The van der Waals surface area contributed by atoms with Gasteiger partial charge >= 0.3 is 0 Å². The van der Waals surface area contributed by atoms with Crippen LogP contribution < -0.4 is 15.8 Å². The molecule has 0 aromatic heterocycles. The first-order valence-corrected chi connectivity index (χ1v) is 9.50. The monoisotopic (exact) mass is 413 g/mol. The highest BCUT2D eigenvalue weighted by molar-refractivity contribution is 9.10. The minimum absolute atomic E-state index is 0.154. The third-order valence-corrected chi connectivity index (χ3v) is 5.61. The number of amides is 1. The third-order valence-electron chi connectivity index (χ3n) is 5.12. The number of nitrogens with two attached hydrogens (primary N) is 1. The summed E-state index contributed by atoms with van der Waals surface area (Å²) < 4.78 is 7.43. The average molecular weight is 414 g/mol. The van der Waals surface area contributed by atoms with Crippen molar-refractivity contribution < 1.29 is 9.53 Å². The minimum Gasteiger partial charge on any atom is -0.482 e. The van der Waals surface area contributed by atoms with E-state index in [4.69, 9.17) is 10.5 Å². The van der Waals surface area contributed by atoms with Crippen LogP contribution in [0.2, 0.25) is 0 Å². The van der Waals surface area contributed by atoms with Crippen LogP contribution in [0.25, 0.3) is 0 Å². The van der Waals surface area contributed by atoms with Gasteiger partial charge in [-0.15, -0.1) is 0 Å². The van der Waals surface area contributed by atoms with Gasteiger partial charge in [0.25, 0.3) is 5.91 Å². The molecule has 1 unspecified atom stereocenters. The van der Waals surface area contributed by atoms with Gasteiger partial charge < -0.3 is 10.5 Å². The fourth-order valence-corrected chi connectivity index (χ4v) is 4.43. The Balaban J connectivity index is 1.96. The molecule has 0 fully saturated rings. The number of carbonyl (C=O) groups excluding carboxylic acids is 1. The number of hydrogen-bond donors (Lipinski definition) is 2. The van der Waals surface area contributed by atoms with Crippen LogP contribution in [-0.2, 0) is 15.9 Å². The first-order valence-electron chi connectivity index (χ1n) is 8.70. The molecule has 2 aliphatic heterocycles. The van der Waals surface area contributed by atoms with Crippen molar-refractivity contribution in [2.24, 2.45) is 10.7 Å². The van der Waals surface area contributed by atoms with Gasteiger partial charge in [-0.2, -0.15) is 0 Å². The zero-order chi connectivity index (χ0) is 18.4. The van der Waals surface area contributed by atoms with Crippen molar-refractivity contribution in [1.82, 2.24) is 5.32 Å². The van der Waals surface area contributed by atoms with Gasteiger partial charge in [-0.25, -0.2) is 4.99 Å². The second kappa shape index (κ2) is 6.13. The van der Waals surface area contributed by atoms with Gasteiger partial charge in [0, 0.05) is 16.5 Å². The zero-order valence-electron chi connectivity index (χ0n) is 14.5. The first-order chi connectivity index (χ1) is 12.5. The van der Waals surface area contributed by atoms with Crippen molar-refractivity contribution in [3.8, 4) is 5.75 Å². The molecule has 0 radical (unpaired) electrons. The number of carbonyl (C=O) groups is 1. The molecular weight excluding hydrogens is 394 g/mol. The van der Waals surface area contributed by atoms with E-state index in [1.54, 1.807) is 0 Å². The number of rotatable bonds is 3. The number of nitrogens with one attached hydrogen (secondary N) is 1. The fraction of sp³-hybridized carbons (Fsp3) is 0.300. The maximum Gasteiger partial charge on any atom is 0.259 e. The lowest BCUT2D eigenvalue weighted by molar-refractivity contribution is -0.128. The third kappa shape index (κ3) is 2.51. The highest BCUT2D eigenvalue weighted by atomic mass is 79.9. The molecule has 1 amide bonds. The van der Waals surface area contributed by atoms with E-state index in [9.17, 15) is 4.79 Å². The smallest absolute Gasteiger partial charge is 0.259 e. The van der Waals surface area contributed by atoms with Crippen LogP contribution in [0, 0.1) is 0 Å². The molecule has 134 valence electrons. The second-order valence-electron chi connectivity index (χ2n) is 6.84. The van der Waals surface area contributed by atoms with Crippen molar-refractivity contribution >= 4 is 27.8 Å². The molecular formula is C20H20BrN3O2. The number of hydrogen-bond acceptors (Lipinski definition) is 4. The highest BCUT2D eigenvalue weighted by Crippen LogP contribution is 2.53. The lowest BCUT2D eigenvalue weighted by Crippen LogP contribution is -2.50. The van der Waals surface area contributed by atoms with Crippen LogP contribution in [0.15, 0.2) is 58.0 Å². The van der Waals surface area contributed by atoms with E-state index in [1.165, 1.54) is 0 Å². The minimum atomic E-state index is -1.08. The number of halogens is 1. The lowest BCUT2D eigenvalue weighted by Gasteiger charge is -2.45. The molecule has 0 aliphatic carbocycles. The van der Waals surface area contributed by atoms with Gasteiger partial charge in [0.15, 0.2) is 11.5 Å². The van der Waals surface area contributed by atoms with Gasteiger partial charge in [0.1, 0.15) is 11.4 Å². The van der Waals surface area contributed by atoms with E-state index in [0.29, 0.717) is 12.2 Å². The van der Waals surface area contributed by atoms with Gasteiger partial charge in [-0.1, -0.05) is 59.6 Å². The molecule has 26 heavy (non-hydrogen) atoms. The maximum absolute atomic E-state index is 13.0. The Hall–Kier alpha value is -2.34. The van der Waals surface area contributed by atoms with Gasteiger partial charge in [-0.3, -0.25) is 10.1 Å². The van der Waals surface area contributed by atoms with Crippen LogP contribution >= 0.6 is 15.9 Å². The molecule has 0 saturated heterocycles. The Kier molecular flexibility index (Phi) is 4.03. The molecule has 2 aliphatic rings. The average Bonchev–Trinajstić information content (AvgIpc) is 2.90. The maximum atomic E-state index is 13.0. The predicted octanol–water partition coefficient (Wildman–Crippen LogP) is 3.57.